The van der Waals surface area contributed by atoms with Gasteiger partial charge in [-0.1, -0.05) is 41.4 Å². The van der Waals surface area contributed by atoms with Gasteiger partial charge in [0.25, 0.3) is 5.91 Å². The number of carbonyl (C=O) groups is 2. The molecule has 6 rings (SSSR count). The zero-order valence-electron chi connectivity index (χ0n) is 21.5. The highest BCUT2D eigenvalue weighted by Gasteiger charge is 2.31. The van der Waals surface area contributed by atoms with Gasteiger partial charge in [0.1, 0.15) is 6.54 Å². The van der Waals surface area contributed by atoms with Crippen molar-refractivity contribution in [2.24, 2.45) is 0 Å². The molecule has 10 heteroatoms. The molecule has 0 radical (unpaired) electrons. The number of ether oxygens (including phenoxy) is 1. The number of carbonyl (C=O) groups excluding carboxylic acids is 2. The fourth-order valence-corrected chi connectivity index (χ4v) is 5.90. The van der Waals surface area contributed by atoms with E-state index in [-0.39, 0.29) is 24.4 Å². The molecule has 1 aromatic heterocycles. The standard InChI is InChI=1S/C29H29Cl2N5O3/c30-22-4-3-18-5-9-35(10-6-19(18)13-22)26(37)17-36-16-21-2-1-20(14-24(21)28(36)38)27-25(31)15-32-29(34-27)33-23-7-11-39-12-8-23/h1-4,13-15,23H,5-12,16-17H2,(H,32,33,34). The van der Waals surface area contributed by atoms with E-state index in [0.29, 0.717) is 60.1 Å². The monoisotopic (exact) mass is 565 g/mol. The lowest BCUT2D eigenvalue weighted by Gasteiger charge is -2.23. The second-order valence-corrected chi connectivity index (χ2v) is 11.1. The molecule has 1 N–H and O–H groups in total. The van der Waals surface area contributed by atoms with E-state index in [2.05, 4.69) is 15.3 Å². The maximum Gasteiger partial charge on any atom is 0.254 e. The molecule has 202 valence electrons. The summed E-state index contributed by atoms with van der Waals surface area (Å²) < 4.78 is 5.43. The summed E-state index contributed by atoms with van der Waals surface area (Å²) in [7, 11) is 0. The van der Waals surface area contributed by atoms with Gasteiger partial charge in [0.15, 0.2) is 0 Å². The van der Waals surface area contributed by atoms with Crippen molar-refractivity contribution < 1.29 is 14.3 Å². The Bertz CT molecular complexity index is 1430. The molecule has 3 aliphatic heterocycles. The maximum atomic E-state index is 13.3. The Morgan fingerprint density at radius 1 is 1.03 bits per heavy atom. The molecule has 0 unspecified atom stereocenters. The van der Waals surface area contributed by atoms with Crippen LogP contribution in [0.15, 0.2) is 42.6 Å². The van der Waals surface area contributed by atoms with Crippen LogP contribution in [-0.4, -0.2) is 70.5 Å². The van der Waals surface area contributed by atoms with Crippen molar-refractivity contribution in [2.45, 2.75) is 38.3 Å². The molecular formula is C29H29Cl2N5O3. The first kappa shape index (κ1) is 26.0. The van der Waals surface area contributed by atoms with Crippen LogP contribution in [0.3, 0.4) is 0 Å². The fourth-order valence-electron chi connectivity index (χ4n) is 5.51. The number of nitrogens with one attached hydrogen (secondary N) is 1. The Morgan fingerprint density at radius 2 is 1.79 bits per heavy atom. The second-order valence-electron chi connectivity index (χ2n) is 10.2. The molecule has 39 heavy (non-hydrogen) atoms. The van der Waals surface area contributed by atoms with Crippen molar-refractivity contribution in [2.75, 3.05) is 38.2 Å². The fraction of sp³-hybridized carbons (Fsp3) is 0.379. The molecule has 0 atom stereocenters. The number of nitrogens with zero attached hydrogens (tertiary/aromatic N) is 4. The molecule has 0 saturated carbocycles. The predicted octanol–water partition coefficient (Wildman–Crippen LogP) is 4.62. The first-order valence-corrected chi connectivity index (χ1v) is 14.0. The highest BCUT2D eigenvalue weighted by Crippen LogP contribution is 2.32. The molecule has 8 nitrogen and oxygen atoms in total. The van der Waals surface area contributed by atoms with Gasteiger partial charge in [-0.05, 0) is 60.6 Å². The number of rotatable bonds is 5. The van der Waals surface area contributed by atoms with Crippen molar-refractivity contribution in [1.82, 2.24) is 19.8 Å². The van der Waals surface area contributed by atoms with Gasteiger partial charge in [-0.3, -0.25) is 9.59 Å². The normalized spacial score (nSPS) is 17.5. The van der Waals surface area contributed by atoms with Crippen LogP contribution in [0, 0.1) is 0 Å². The molecule has 2 aromatic carbocycles. The van der Waals surface area contributed by atoms with Crippen LogP contribution in [-0.2, 0) is 28.9 Å². The third kappa shape index (κ3) is 5.60. The van der Waals surface area contributed by atoms with E-state index in [1.807, 2.05) is 41.3 Å². The lowest BCUT2D eigenvalue weighted by molar-refractivity contribution is -0.131. The number of benzene rings is 2. The van der Waals surface area contributed by atoms with Crippen LogP contribution in [0.4, 0.5) is 5.95 Å². The topological polar surface area (TPSA) is 87.7 Å². The summed E-state index contributed by atoms with van der Waals surface area (Å²) in [4.78, 5) is 39.0. The zero-order valence-corrected chi connectivity index (χ0v) is 23.0. The quantitative estimate of drug-likeness (QED) is 0.485. The van der Waals surface area contributed by atoms with Crippen molar-refractivity contribution in [3.8, 4) is 11.3 Å². The van der Waals surface area contributed by atoms with E-state index in [1.54, 1.807) is 11.1 Å². The van der Waals surface area contributed by atoms with E-state index in [0.717, 1.165) is 36.8 Å². The Hall–Kier alpha value is -3.20. The zero-order chi connectivity index (χ0) is 26.9. The van der Waals surface area contributed by atoms with Gasteiger partial charge >= 0.3 is 0 Å². The summed E-state index contributed by atoms with van der Waals surface area (Å²) >= 11 is 12.6. The van der Waals surface area contributed by atoms with E-state index >= 15 is 0 Å². The number of aromatic nitrogens is 2. The second kappa shape index (κ2) is 11.1. The summed E-state index contributed by atoms with van der Waals surface area (Å²) in [6.07, 6.45) is 4.90. The van der Waals surface area contributed by atoms with Crippen LogP contribution in [0.5, 0.6) is 0 Å². The minimum Gasteiger partial charge on any atom is -0.381 e. The van der Waals surface area contributed by atoms with E-state index in [9.17, 15) is 9.59 Å². The number of hydrogen-bond donors (Lipinski definition) is 1. The summed E-state index contributed by atoms with van der Waals surface area (Å²) in [5.41, 5.74) is 5.18. The van der Waals surface area contributed by atoms with Gasteiger partial charge in [-0.15, -0.1) is 0 Å². The van der Waals surface area contributed by atoms with Gasteiger partial charge in [0.05, 0.1) is 16.9 Å². The van der Waals surface area contributed by atoms with E-state index < -0.39 is 0 Å². The number of hydrogen-bond acceptors (Lipinski definition) is 6. The Balaban J connectivity index is 1.14. The molecule has 3 aliphatic rings. The van der Waals surface area contributed by atoms with Gasteiger partial charge in [-0.25, -0.2) is 9.97 Å². The molecule has 3 aromatic rings. The van der Waals surface area contributed by atoms with Gasteiger partial charge in [-0.2, -0.15) is 0 Å². The SMILES string of the molecule is O=C(CN1Cc2ccc(-c3nc(NC4CCOCC4)ncc3Cl)cc2C1=O)N1CCc2ccc(Cl)cc2CC1. The molecule has 4 heterocycles. The van der Waals surface area contributed by atoms with Gasteiger partial charge < -0.3 is 19.9 Å². The molecular weight excluding hydrogens is 537 g/mol. The number of anilines is 1. The minimum atomic E-state index is -0.157. The first-order chi connectivity index (χ1) is 18.9. The summed E-state index contributed by atoms with van der Waals surface area (Å²) in [5.74, 6) is 0.302. The highest BCUT2D eigenvalue weighted by molar-refractivity contribution is 6.33. The van der Waals surface area contributed by atoms with Crippen LogP contribution in [0.2, 0.25) is 10.0 Å². The average molecular weight is 566 g/mol. The molecule has 2 amide bonds. The van der Waals surface area contributed by atoms with Crippen molar-refractivity contribution in [1.29, 1.82) is 0 Å². The van der Waals surface area contributed by atoms with Gasteiger partial charge in [0, 0.05) is 55.0 Å². The van der Waals surface area contributed by atoms with Crippen molar-refractivity contribution in [3.63, 3.8) is 0 Å². The third-order valence-electron chi connectivity index (χ3n) is 7.71. The van der Waals surface area contributed by atoms with Crippen molar-refractivity contribution in [3.05, 3.63) is 74.9 Å². The third-order valence-corrected chi connectivity index (χ3v) is 8.22. The molecule has 0 bridgehead atoms. The first-order valence-electron chi connectivity index (χ1n) is 13.3. The smallest absolute Gasteiger partial charge is 0.254 e. The number of fused-ring (bicyclic) bond motifs is 2. The lowest BCUT2D eigenvalue weighted by atomic mass is 10.0. The van der Waals surface area contributed by atoms with E-state index in [1.165, 1.54) is 11.1 Å². The Kier molecular flexibility index (Phi) is 7.42. The predicted molar refractivity (Wildman–Crippen MR) is 150 cm³/mol. The summed E-state index contributed by atoms with van der Waals surface area (Å²) in [6, 6.07) is 11.8. The number of halogens is 2. The summed E-state index contributed by atoms with van der Waals surface area (Å²) in [5, 5.41) is 4.49. The average Bonchev–Trinajstić information content (AvgIpc) is 3.10. The largest absolute Gasteiger partial charge is 0.381 e. The summed E-state index contributed by atoms with van der Waals surface area (Å²) in [6.45, 7) is 3.12. The Labute approximate surface area is 237 Å². The molecule has 0 aliphatic carbocycles. The van der Waals surface area contributed by atoms with Crippen molar-refractivity contribution >= 4 is 41.0 Å². The van der Waals surface area contributed by atoms with Crippen LogP contribution in [0.1, 0.15) is 39.9 Å². The van der Waals surface area contributed by atoms with Gasteiger partial charge in [0.2, 0.25) is 11.9 Å². The molecule has 1 saturated heterocycles. The van der Waals surface area contributed by atoms with E-state index in [4.69, 9.17) is 27.9 Å². The molecule has 1 fully saturated rings. The maximum absolute atomic E-state index is 13.3. The van der Waals surface area contributed by atoms with Crippen LogP contribution in [0.25, 0.3) is 11.3 Å². The highest BCUT2D eigenvalue weighted by atomic mass is 35.5. The minimum absolute atomic E-state index is 0.0436. The molecule has 0 spiro atoms. The van der Waals surface area contributed by atoms with Crippen LogP contribution >= 0.6 is 23.2 Å². The number of amides is 2. The lowest BCUT2D eigenvalue weighted by Crippen LogP contribution is -2.41. The Morgan fingerprint density at radius 3 is 2.62 bits per heavy atom. The van der Waals surface area contributed by atoms with Crippen LogP contribution < -0.4 is 5.32 Å².